The fourth-order valence-electron chi connectivity index (χ4n) is 1.58. The number of hydrogen-bond donors (Lipinski definition) is 0. The highest BCUT2D eigenvalue weighted by Crippen LogP contribution is 2.29. The van der Waals surface area contributed by atoms with Crippen molar-refractivity contribution in [2.45, 2.75) is 34.1 Å². The molecule has 2 aromatic carbocycles. The van der Waals surface area contributed by atoms with Crippen molar-refractivity contribution < 1.29 is 0 Å². The topological polar surface area (TPSA) is 12.9 Å². The quantitative estimate of drug-likeness (QED) is 0.503. The molecule has 0 bridgehead atoms. The van der Waals surface area contributed by atoms with E-state index in [4.69, 9.17) is 0 Å². The Morgan fingerprint density at radius 1 is 0.850 bits per heavy atom. The summed E-state index contributed by atoms with van der Waals surface area (Å²) >= 11 is 1.74. The molecule has 0 spiro atoms. The number of fused-ring (bicyclic) bond motifs is 1. The molecule has 0 unspecified atom stereocenters. The van der Waals surface area contributed by atoms with E-state index in [9.17, 15) is 0 Å². The molecule has 0 amide bonds. The molecule has 0 aliphatic rings. The van der Waals surface area contributed by atoms with Crippen LogP contribution in [0.3, 0.4) is 0 Å². The Kier molecular flexibility index (Phi) is 7.59. The van der Waals surface area contributed by atoms with Crippen LogP contribution >= 0.6 is 11.3 Å². The SMILES string of the molecule is CC.CCC.c1ccc(-c2nc3ccccc3s2)cc1. The number of benzene rings is 2. The smallest absolute Gasteiger partial charge is 0.124 e. The fraction of sp³-hybridized carbons (Fsp3) is 0.278. The Labute approximate surface area is 126 Å². The molecule has 0 N–H and O–H groups in total. The van der Waals surface area contributed by atoms with Gasteiger partial charge in [-0.3, -0.25) is 0 Å². The van der Waals surface area contributed by atoms with Gasteiger partial charge in [0, 0.05) is 5.56 Å². The second-order valence-electron chi connectivity index (χ2n) is 4.06. The van der Waals surface area contributed by atoms with Gasteiger partial charge < -0.3 is 0 Å². The highest BCUT2D eigenvalue weighted by Gasteiger charge is 2.03. The normalized spacial score (nSPS) is 9.20. The molecule has 3 aromatic rings. The molecule has 0 atom stereocenters. The number of rotatable bonds is 1. The lowest BCUT2D eigenvalue weighted by Gasteiger charge is -1.92. The van der Waals surface area contributed by atoms with Gasteiger partial charge in [0.2, 0.25) is 0 Å². The standard InChI is InChI=1S/C13H9NS.C3H8.C2H6/c1-2-6-10(7-3-1)13-14-11-8-4-5-9-12(11)15-13;1-3-2;1-2/h1-9H;3H2,1-2H3;1-2H3. The van der Waals surface area contributed by atoms with E-state index < -0.39 is 0 Å². The van der Waals surface area contributed by atoms with E-state index in [1.165, 1.54) is 16.7 Å². The van der Waals surface area contributed by atoms with Crippen molar-refractivity contribution in [3.63, 3.8) is 0 Å². The van der Waals surface area contributed by atoms with Crippen LogP contribution in [-0.4, -0.2) is 4.98 Å². The van der Waals surface area contributed by atoms with Gasteiger partial charge in [0.25, 0.3) is 0 Å². The molecule has 20 heavy (non-hydrogen) atoms. The van der Waals surface area contributed by atoms with E-state index in [2.05, 4.69) is 49.2 Å². The molecule has 0 fully saturated rings. The monoisotopic (exact) mass is 285 g/mol. The third-order valence-corrected chi connectivity index (χ3v) is 3.40. The molecule has 0 saturated heterocycles. The zero-order valence-electron chi connectivity index (χ0n) is 12.8. The summed E-state index contributed by atoms with van der Waals surface area (Å²) in [5.74, 6) is 0. The lowest BCUT2D eigenvalue weighted by molar-refractivity contribution is 1.09. The lowest BCUT2D eigenvalue weighted by atomic mass is 10.2. The number of thiazole rings is 1. The first-order valence-electron chi connectivity index (χ1n) is 7.26. The van der Waals surface area contributed by atoms with E-state index in [1.807, 2.05) is 38.1 Å². The van der Waals surface area contributed by atoms with Gasteiger partial charge in [0.15, 0.2) is 0 Å². The van der Waals surface area contributed by atoms with Gasteiger partial charge in [0.05, 0.1) is 10.2 Å². The van der Waals surface area contributed by atoms with Crippen molar-refractivity contribution in [3.8, 4) is 10.6 Å². The zero-order chi connectivity index (χ0) is 14.8. The molecule has 0 radical (unpaired) electrons. The minimum atomic E-state index is 1.08. The first-order chi connectivity index (χ1) is 9.85. The van der Waals surface area contributed by atoms with E-state index in [1.54, 1.807) is 11.3 Å². The maximum atomic E-state index is 4.60. The summed E-state index contributed by atoms with van der Waals surface area (Å²) in [6.07, 6.45) is 1.25. The number of para-hydroxylation sites is 1. The fourth-order valence-corrected chi connectivity index (χ4v) is 2.55. The molecular weight excluding hydrogens is 262 g/mol. The Morgan fingerprint density at radius 2 is 1.40 bits per heavy atom. The summed E-state index contributed by atoms with van der Waals surface area (Å²) in [5.41, 5.74) is 2.28. The summed E-state index contributed by atoms with van der Waals surface area (Å²) in [7, 11) is 0. The van der Waals surface area contributed by atoms with Crippen LogP contribution in [0.2, 0.25) is 0 Å². The van der Waals surface area contributed by atoms with Crippen LogP contribution < -0.4 is 0 Å². The highest BCUT2D eigenvalue weighted by atomic mass is 32.1. The van der Waals surface area contributed by atoms with E-state index >= 15 is 0 Å². The Morgan fingerprint density at radius 3 is 2.00 bits per heavy atom. The van der Waals surface area contributed by atoms with Crippen LogP contribution in [0, 0.1) is 0 Å². The van der Waals surface area contributed by atoms with Crippen molar-refractivity contribution in [2.75, 3.05) is 0 Å². The van der Waals surface area contributed by atoms with Crippen LogP contribution in [0.1, 0.15) is 34.1 Å². The molecule has 3 rings (SSSR count). The predicted octanol–water partition coefficient (Wildman–Crippen LogP) is 6.41. The first kappa shape index (κ1) is 16.4. The van der Waals surface area contributed by atoms with Crippen LogP contribution in [0.25, 0.3) is 20.8 Å². The van der Waals surface area contributed by atoms with Gasteiger partial charge in [-0.1, -0.05) is 76.6 Å². The molecule has 1 nitrogen and oxygen atoms in total. The van der Waals surface area contributed by atoms with E-state index in [0.717, 1.165) is 10.5 Å². The third kappa shape index (κ3) is 4.46. The van der Waals surface area contributed by atoms with Gasteiger partial charge in [-0.25, -0.2) is 4.98 Å². The third-order valence-electron chi connectivity index (χ3n) is 2.31. The minimum Gasteiger partial charge on any atom is -0.236 e. The lowest BCUT2D eigenvalue weighted by Crippen LogP contribution is -1.73. The van der Waals surface area contributed by atoms with E-state index in [0.29, 0.717) is 0 Å². The van der Waals surface area contributed by atoms with Gasteiger partial charge in [-0.2, -0.15) is 0 Å². The molecule has 1 aromatic heterocycles. The largest absolute Gasteiger partial charge is 0.236 e. The second-order valence-corrected chi connectivity index (χ2v) is 5.09. The number of nitrogens with zero attached hydrogens (tertiary/aromatic N) is 1. The zero-order valence-corrected chi connectivity index (χ0v) is 13.6. The minimum absolute atomic E-state index is 1.08. The van der Waals surface area contributed by atoms with Crippen molar-refractivity contribution in [1.29, 1.82) is 0 Å². The molecule has 0 aliphatic carbocycles. The summed E-state index contributed by atoms with van der Waals surface area (Å²) in [6.45, 7) is 8.25. The average Bonchev–Trinajstić information content (AvgIpc) is 2.95. The van der Waals surface area contributed by atoms with Crippen molar-refractivity contribution in [1.82, 2.24) is 4.98 Å². The first-order valence-corrected chi connectivity index (χ1v) is 8.07. The summed E-state index contributed by atoms with van der Waals surface area (Å²) in [5, 5.41) is 1.09. The summed E-state index contributed by atoms with van der Waals surface area (Å²) < 4.78 is 1.25. The van der Waals surface area contributed by atoms with Crippen LogP contribution in [-0.2, 0) is 0 Å². The maximum absolute atomic E-state index is 4.60. The van der Waals surface area contributed by atoms with Crippen LogP contribution in [0.5, 0.6) is 0 Å². The van der Waals surface area contributed by atoms with Crippen LogP contribution in [0.15, 0.2) is 54.6 Å². The van der Waals surface area contributed by atoms with Gasteiger partial charge >= 0.3 is 0 Å². The van der Waals surface area contributed by atoms with Gasteiger partial charge in [-0.05, 0) is 12.1 Å². The Bertz CT molecular complexity index is 566. The molecule has 0 saturated carbocycles. The Hall–Kier alpha value is -1.67. The van der Waals surface area contributed by atoms with E-state index in [-0.39, 0.29) is 0 Å². The molecule has 2 heteroatoms. The molecule has 0 aliphatic heterocycles. The Balaban J connectivity index is 0.000000357. The summed E-state index contributed by atoms with van der Waals surface area (Å²) in [6, 6.07) is 18.5. The van der Waals surface area contributed by atoms with Crippen molar-refractivity contribution in [2.24, 2.45) is 0 Å². The van der Waals surface area contributed by atoms with Gasteiger partial charge in [0.1, 0.15) is 5.01 Å². The van der Waals surface area contributed by atoms with Crippen LogP contribution in [0.4, 0.5) is 0 Å². The second kappa shape index (κ2) is 9.27. The number of hydrogen-bond acceptors (Lipinski definition) is 2. The van der Waals surface area contributed by atoms with Gasteiger partial charge in [-0.15, -0.1) is 11.3 Å². The summed E-state index contributed by atoms with van der Waals surface area (Å²) in [4.78, 5) is 4.60. The average molecular weight is 285 g/mol. The predicted molar refractivity (Wildman–Crippen MR) is 92.4 cm³/mol. The maximum Gasteiger partial charge on any atom is 0.124 e. The molecule has 1 heterocycles. The number of aromatic nitrogens is 1. The van der Waals surface area contributed by atoms with Crippen molar-refractivity contribution in [3.05, 3.63) is 54.6 Å². The molecule has 106 valence electrons. The highest BCUT2D eigenvalue weighted by molar-refractivity contribution is 7.21. The van der Waals surface area contributed by atoms with Crippen molar-refractivity contribution >= 4 is 21.6 Å². The molecular formula is C18H23NS.